The molecule has 1 aromatic heterocycles. The van der Waals surface area contributed by atoms with Gasteiger partial charge < -0.3 is 0 Å². The second-order valence-electron chi connectivity index (χ2n) is 2.44. The minimum Gasteiger partial charge on any atom is -0.207 e. The number of aromatic nitrogens is 1. The van der Waals surface area contributed by atoms with Crippen LogP contribution in [0.15, 0.2) is 6.07 Å². The highest BCUT2D eigenvalue weighted by Gasteiger charge is 2.19. The molecular weight excluding hydrogens is 217 g/mol. The summed E-state index contributed by atoms with van der Waals surface area (Å²) < 4.78 is 37.4. The molecule has 0 saturated heterocycles. The van der Waals surface area contributed by atoms with E-state index in [1.165, 1.54) is 0 Å². The van der Waals surface area contributed by atoms with Crippen molar-refractivity contribution in [2.45, 2.75) is 12.8 Å². The van der Waals surface area contributed by atoms with E-state index in [1.54, 1.807) is 6.07 Å². The van der Waals surface area contributed by atoms with Crippen LogP contribution in [0.1, 0.15) is 17.6 Å². The predicted octanol–water partition coefficient (Wildman–Crippen LogP) is 2.88. The molecule has 0 aliphatic rings. The van der Waals surface area contributed by atoms with Crippen LogP contribution in [0.3, 0.4) is 0 Å². The topological polar surface area (TPSA) is 36.7 Å². The smallest absolute Gasteiger partial charge is 0.207 e. The molecule has 6 heteroatoms. The first kappa shape index (κ1) is 10.8. The van der Waals surface area contributed by atoms with Crippen molar-refractivity contribution in [2.24, 2.45) is 0 Å². The van der Waals surface area contributed by atoms with Crippen molar-refractivity contribution in [1.82, 2.24) is 4.98 Å². The maximum Gasteiger partial charge on any atom is 0.267 e. The summed E-state index contributed by atoms with van der Waals surface area (Å²) in [6, 6.07) is 2.44. The maximum atomic E-state index is 12.6. The zero-order valence-electron chi connectivity index (χ0n) is 6.77. The minimum atomic E-state index is -2.86. The van der Waals surface area contributed by atoms with E-state index in [1.807, 2.05) is 0 Å². The molecule has 0 spiro atoms. The molecule has 1 heterocycles. The summed E-state index contributed by atoms with van der Waals surface area (Å²) in [6.45, 7) is 0. The standard InChI is InChI=1S/C8H4ClF3N2/c9-7-6(8(11)12)4(1-2-13)3-5(10)14-7/h3,8H,1H2. The molecule has 0 N–H and O–H groups in total. The number of hydrogen-bond acceptors (Lipinski definition) is 2. The van der Waals surface area contributed by atoms with E-state index in [0.29, 0.717) is 0 Å². The average Bonchev–Trinajstić information content (AvgIpc) is 2.01. The molecule has 0 unspecified atom stereocenters. The van der Waals surface area contributed by atoms with Gasteiger partial charge in [0.15, 0.2) is 0 Å². The lowest BCUT2D eigenvalue weighted by molar-refractivity contribution is 0.150. The largest absolute Gasteiger partial charge is 0.267 e. The SMILES string of the molecule is N#CCc1cc(F)nc(Cl)c1C(F)F. The molecule has 14 heavy (non-hydrogen) atoms. The van der Waals surface area contributed by atoms with E-state index >= 15 is 0 Å². The van der Waals surface area contributed by atoms with Crippen LogP contribution < -0.4 is 0 Å². The summed E-state index contributed by atoms with van der Waals surface area (Å²) in [7, 11) is 0. The monoisotopic (exact) mass is 220 g/mol. The van der Waals surface area contributed by atoms with Gasteiger partial charge in [-0.15, -0.1) is 0 Å². The molecule has 74 valence electrons. The zero-order valence-corrected chi connectivity index (χ0v) is 7.52. The van der Waals surface area contributed by atoms with Gasteiger partial charge in [0.25, 0.3) is 6.43 Å². The lowest BCUT2D eigenvalue weighted by atomic mass is 10.1. The van der Waals surface area contributed by atoms with Crippen molar-refractivity contribution in [2.75, 3.05) is 0 Å². The highest BCUT2D eigenvalue weighted by molar-refractivity contribution is 6.30. The van der Waals surface area contributed by atoms with Crippen LogP contribution >= 0.6 is 11.6 Å². The molecule has 0 aliphatic heterocycles. The Kier molecular flexibility index (Phi) is 3.31. The minimum absolute atomic E-state index is 0.125. The Morgan fingerprint density at radius 3 is 2.71 bits per heavy atom. The first-order chi connectivity index (χ1) is 6.56. The number of nitrogens with zero attached hydrogens (tertiary/aromatic N) is 2. The summed E-state index contributed by atoms with van der Waals surface area (Å²) in [5, 5.41) is 7.73. The van der Waals surface area contributed by atoms with Crippen molar-refractivity contribution >= 4 is 11.6 Å². The third-order valence-electron chi connectivity index (χ3n) is 1.55. The number of halogens is 4. The number of nitriles is 1. The van der Waals surface area contributed by atoms with Crippen molar-refractivity contribution in [3.05, 3.63) is 28.3 Å². The van der Waals surface area contributed by atoms with E-state index < -0.39 is 23.1 Å². The fourth-order valence-corrected chi connectivity index (χ4v) is 1.29. The molecule has 0 radical (unpaired) electrons. The van der Waals surface area contributed by atoms with Crippen LogP contribution in [0.25, 0.3) is 0 Å². The van der Waals surface area contributed by atoms with Crippen molar-refractivity contribution < 1.29 is 13.2 Å². The summed E-state index contributed by atoms with van der Waals surface area (Å²) in [5.74, 6) is -0.968. The Morgan fingerprint density at radius 1 is 1.57 bits per heavy atom. The third-order valence-corrected chi connectivity index (χ3v) is 1.84. The van der Waals surface area contributed by atoms with E-state index in [2.05, 4.69) is 4.98 Å². The van der Waals surface area contributed by atoms with E-state index in [0.717, 1.165) is 6.07 Å². The molecule has 0 fully saturated rings. The van der Waals surface area contributed by atoms with Crippen molar-refractivity contribution in [1.29, 1.82) is 5.26 Å². The Labute approximate surface area is 82.9 Å². The predicted molar refractivity (Wildman–Crippen MR) is 43.5 cm³/mol. The van der Waals surface area contributed by atoms with Gasteiger partial charge in [-0.25, -0.2) is 13.8 Å². The second-order valence-corrected chi connectivity index (χ2v) is 2.80. The Hall–Kier alpha value is -1.28. The molecule has 0 amide bonds. The maximum absolute atomic E-state index is 12.6. The molecule has 2 nitrogen and oxygen atoms in total. The number of hydrogen-bond donors (Lipinski definition) is 0. The molecule has 0 aromatic carbocycles. The van der Waals surface area contributed by atoms with Gasteiger partial charge in [-0.05, 0) is 11.6 Å². The fourth-order valence-electron chi connectivity index (χ4n) is 1.00. The Balaban J connectivity index is 3.30. The van der Waals surface area contributed by atoms with Crippen LogP contribution in [0.2, 0.25) is 5.15 Å². The number of alkyl halides is 2. The Bertz CT molecular complexity index is 387. The lowest BCUT2D eigenvalue weighted by Gasteiger charge is -2.06. The molecule has 0 aliphatic carbocycles. The van der Waals surface area contributed by atoms with Gasteiger partial charge in [0, 0.05) is 0 Å². The zero-order chi connectivity index (χ0) is 10.7. The van der Waals surface area contributed by atoms with Gasteiger partial charge in [-0.2, -0.15) is 9.65 Å². The van der Waals surface area contributed by atoms with Gasteiger partial charge >= 0.3 is 0 Å². The van der Waals surface area contributed by atoms with Gasteiger partial charge in [0.1, 0.15) is 5.15 Å². The van der Waals surface area contributed by atoms with Gasteiger partial charge in [-0.3, -0.25) is 0 Å². The molecule has 1 rings (SSSR count). The van der Waals surface area contributed by atoms with Crippen molar-refractivity contribution in [3.8, 4) is 6.07 Å². The summed E-state index contributed by atoms with van der Waals surface area (Å²) in [6.07, 6.45) is -3.18. The highest BCUT2D eigenvalue weighted by atomic mass is 35.5. The van der Waals surface area contributed by atoms with E-state index in [9.17, 15) is 13.2 Å². The summed E-state index contributed by atoms with van der Waals surface area (Å²) in [4.78, 5) is 3.05. The summed E-state index contributed by atoms with van der Waals surface area (Å²) >= 11 is 5.32. The van der Waals surface area contributed by atoms with Crippen LogP contribution in [0, 0.1) is 17.3 Å². The third kappa shape index (κ3) is 2.15. The second kappa shape index (κ2) is 4.29. The van der Waals surface area contributed by atoms with Crippen LogP contribution in [-0.4, -0.2) is 4.98 Å². The molecule has 0 saturated carbocycles. The quantitative estimate of drug-likeness (QED) is 0.719. The normalized spacial score (nSPS) is 10.3. The first-order valence-corrected chi connectivity index (χ1v) is 3.94. The van der Waals surface area contributed by atoms with Crippen LogP contribution in [0.5, 0.6) is 0 Å². The van der Waals surface area contributed by atoms with Gasteiger partial charge in [0.05, 0.1) is 18.1 Å². The average molecular weight is 221 g/mol. The highest BCUT2D eigenvalue weighted by Crippen LogP contribution is 2.29. The van der Waals surface area contributed by atoms with Crippen molar-refractivity contribution in [3.63, 3.8) is 0 Å². The Morgan fingerprint density at radius 2 is 2.21 bits per heavy atom. The van der Waals surface area contributed by atoms with Gasteiger partial charge in [-0.1, -0.05) is 11.6 Å². The summed E-state index contributed by atoms with van der Waals surface area (Å²) in [5.41, 5.74) is -0.699. The van der Waals surface area contributed by atoms with E-state index in [4.69, 9.17) is 16.9 Å². The lowest BCUT2D eigenvalue weighted by Crippen LogP contribution is -1.99. The van der Waals surface area contributed by atoms with Crippen LogP contribution in [0.4, 0.5) is 13.2 Å². The van der Waals surface area contributed by atoms with Crippen LogP contribution in [-0.2, 0) is 6.42 Å². The first-order valence-electron chi connectivity index (χ1n) is 3.56. The molecule has 0 bridgehead atoms. The molecule has 1 aromatic rings. The van der Waals surface area contributed by atoms with Gasteiger partial charge in [0.2, 0.25) is 5.95 Å². The number of rotatable bonds is 2. The van der Waals surface area contributed by atoms with E-state index in [-0.39, 0.29) is 12.0 Å². The molecule has 0 atom stereocenters. The fraction of sp³-hybridized carbons (Fsp3) is 0.250. The number of pyridine rings is 1. The molecular formula is C8H4ClF3N2.